The molecule has 3 heterocycles. The van der Waals surface area contributed by atoms with Gasteiger partial charge in [-0.2, -0.15) is 9.61 Å². The van der Waals surface area contributed by atoms with Crippen LogP contribution in [0.25, 0.3) is 28.3 Å². The van der Waals surface area contributed by atoms with Crippen molar-refractivity contribution in [2.24, 2.45) is 0 Å². The number of nitrogens with zero attached hydrogens (tertiary/aromatic N) is 5. The number of pyridine rings is 1. The van der Waals surface area contributed by atoms with Gasteiger partial charge in [0.15, 0.2) is 11.5 Å². The third-order valence-corrected chi connectivity index (χ3v) is 6.01. The van der Waals surface area contributed by atoms with Gasteiger partial charge in [0.1, 0.15) is 0 Å². The molecule has 0 saturated carbocycles. The van der Waals surface area contributed by atoms with E-state index in [-0.39, 0.29) is 5.91 Å². The molecule has 1 N–H and O–H groups in total. The predicted octanol–water partition coefficient (Wildman–Crippen LogP) is 4.73. The zero-order valence-corrected chi connectivity index (χ0v) is 18.4. The normalized spacial score (nSPS) is 10.9. The molecule has 0 radical (unpaired) electrons. The lowest BCUT2D eigenvalue weighted by Gasteiger charge is -2.07. The second kappa shape index (κ2) is 9.62. The molecule has 0 fully saturated rings. The van der Waals surface area contributed by atoms with Crippen molar-refractivity contribution >= 4 is 29.0 Å². The minimum absolute atomic E-state index is 0.0188. The molecule has 5 rings (SSSR count). The molecule has 0 spiro atoms. The van der Waals surface area contributed by atoms with Crippen LogP contribution in [0.15, 0.2) is 91.3 Å². The molecule has 3 aromatic heterocycles. The Balaban J connectivity index is 1.26. The van der Waals surface area contributed by atoms with Crippen LogP contribution >= 0.6 is 11.8 Å². The summed E-state index contributed by atoms with van der Waals surface area (Å²) in [5, 5.41) is 16.1. The lowest BCUT2D eigenvalue weighted by Crippen LogP contribution is -2.14. The molecule has 7 nitrogen and oxygen atoms in total. The third kappa shape index (κ3) is 4.91. The summed E-state index contributed by atoms with van der Waals surface area (Å²) < 4.78 is 1.73. The van der Waals surface area contributed by atoms with Crippen molar-refractivity contribution < 1.29 is 4.79 Å². The number of carbonyl (C=O) groups is 1. The average molecular weight is 453 g/mol. The van der Waals surface area contributed by atoms with E-state index in [9.17, 15) is 4.79 Å². The Morgan fingerprint density at radius 3 is 2.42 bits per heavy atom. The number of fused-ring (bicyclic) bond motifs is 1. The highest BCUT2D eigenvalue weighted by molar-refractivity contribution is 7.99. The zero-order valence-electron chi connectivity index (χ0n) is 17.6. The van der Waals surface area contributed by atoms with E-state index in [0.29, 0.717) is 17.2 Å². The van der Waals surface area contributed by atoms with Crippen molar-refractivity contribution in [3.63, 3.8) is 0 Å². The average Bonchev–Trinajstić information content (AvgIpc) is 3.29. The first-order valence-corrected chi connectivity index (χ1v) is 11.6. The molecule has 5 aromatic rings. The van der Waals surface area contributed by atoms with Gasteiger partial charge in [-0.1, -0.05) is 42.5 Å². The van der Waals surface area contributed by atoms with Gasteiger partial charge in [0.05, 0.1) is 11.4 Å². The van der Waals surface area contributed by atoms with Gasteiger partial charge >= 0.3 is 0 Å². The van der Waals surface area contributed by atoms with Gasteiger partial charge in [0, 0.05) is 35.0 Å². The van der Waals surface area contributed by atoms with Crippen LogP contribution in [0.4, 0.5) is 5.69 Å². The summed E-state index contributed by atoms with van der Waals surface area (Å²) >= 11 is 1.59. The van der Waals surface area contributed by atoms with E-state index in [0.717, 1.165) is 28.3 Å². The maximum absolute atomic E-state index is 12.3. The van der Waals surface area contributed by atoms with Crippen molar-refractivity contribution in [2.45, 2.75) is 5.75 Å². The molecule has 0 unspecified atom stereocenters. The fourth-order valence-electron chi connectivity index (χ4n) is 3.38. The summed E-state index contributed by atoms with van der Waals surface area (Å²) in [5.41, 5.74) is 5.25. The molecule has 0 atom stereocenters. The predicted molar refractivity (Wildman–Crippen MR) is 131 cm³/mol. The van der Waals surface area contributed by atoms with Crippen LogP contribution in [0, 0.1) is 0 Å². The topological polar surface area (TPSA) is 85.1 Å². The van der Waals surface area contributed by atoms with Gasteiger partial charge in [-0.25, -0.2) is 0 Å². The standard InChI is InChI=1S/C25H20N6OS/c32-24(17-33-16-18-4-2-1-3-5-18)27-21-8-6-19(7-9-21)22-10-11-23-28-29-25(31(23)30-22)20-12-14-26-15-13-20/h1-15H,16-17H2,(H,27,32). The van der Waals surface area contributed by atoms with E-state index < -0.39 is 0 Å². The van der Waals surface area contributed by atoms with Crippen LogP contribution < -0.4 is 5.32 Å². The van der Waals surface area contributed by atoms with E-state index in [1.165, 1.54) is 5.56 Å². The number of thioether (sulfide) groups is 1. The maximum Gasteiger partial charge on any atom is 0.234 e. The zero-order chi connectivity index (χ0) is 22.5. The first-order chi connectivity index (χ1) is 16.3. The molecular formula is C25H20N6OS. The molecule has 0 saturated heterocycles. The summed E-state index contributed by atoms with van der Waals surface area (Å²) in [6, 6.07) is 25.3. The Hall–Kier alpha value is -4.04. The highest BCUT2D eigenvalue weighted by Crippen LogP contribution is 2.22. The van der Waals surface area contributed by atoms with Crippen LogP contribution in [0.3, 0.4) is 0 Å². The van der Waals surface area contributed by atoms with Gasteiger partial charge in [-0.3, -0.25) is 9.78 Å². The smallest absolute Gasteiger partial charge is 0.234 e. The number of hydrogen-bond acceptors (Lipinski definition) is 6. The Kier molecular flexibility index (Phi) is 6.08. The minimum atomic E-state index is -0.0188. The number of hydrogen-bond donors (Lipinski definition) is 1. The molecule has 2 aromatic carbocycles. The largest absolute Gasteiger partial charge is 0.325 e. The number of nitrogens with one attached hydrogen (secondary N) is 1. The van der Waals surface area contributed by atoms with Crippen molar-refractivity contribution in [3.05, 3.63) is 96.8 Å². The van der Waals surface area contributed by atoms with Gasteiger partial charge in [0.2, 0.25) is 5.91 Å². The number of aromatic nitrogens is 5. The fraction of sp³-hybridized carbons (Fsp3) is 0.0800. The molecular weight excluding hydrogens is 432 g/mol. The maximum atomic E-state index is 12.3. The van der Waals surface area contributed by atoms with Crippen LogP contribution in [-0.2, 0) is 10.5 Å². The molecule has 0 aliphatic carbocycles. The first-order valence-electron chi connectivity index (χ1n) is 10.4. The van der Waals surface area contributed by atoms with E-state index in [1.807, 2.05) is 66.7 Å². The van der Waals surface area contributed by atoms with Crippen molar-refractivity contribution in [2.75, 3.05) is 11.1 Å². The molecule has 8 heteroatoms. The van der Waals surface area contributed by atoms with Gasteiger partial charge in [0.25, 0.3) is 0 Å². The second-order valence-corrected chi connectivity index (χ2v) is 8.34. The Morgan fingerprint density at radius 2 is 1.64 bits per heavy atom. The Bertz CT molecular complexity index is 1370. The highest BCUT2D eigenvalue weighted by atomic mass is 32.2. The third-order valence-electron chi connectivity index (χ3n) is 5.01. The monoisotopic (exact) mass is 452 g/mol. The molecule has 1 amide bonds. The van der Waals surface area contributed by atoms with Gasteiger partial charge < -0.3 is 5.32 Å². The lowest BCUT2D eigenvalue weighted by atomic mass is 10.1. The van der Waals surface area contributed by atoms with E-state index in [1.54, 1.807) is 28.7 Å². The van der Waals surface area contributed by atoms with Crippen molar-refractivity contribution in [1.82, 2.24) is 24.8 Å². The summed E-state index contributed by atoms with van der Waals surface area (Å²) in [6.45, 7) is 0. The first kappa shape index (κ1) is 20.8. The number of carbonyl (C=O) groups excluding carboxylic acids is 1. The molecule has 0 aliphatic heterocycles. The quantitative estimate of drug-likeness (QED) is 0.384. The Labute approximate surface area is 194 Å². The second-order valence-electron chi connectivity index (χ2n) is 7.35. The Morgan fingerprint density at radius 1 is 0.848 bits per heavy atom. The number of rotatable bonds is 7. The highest BCUT2D eigenvalue weighted by Gasteiger charge is 2.11. The van der Waals surface area contributed by atoms with E-state index in [2.05, 4.69) is 32.6 Å². The fourth-order valence-corrected chi connectivity index (χ4v) is 4.17. The van der Waals surface area contributed by atoms with Gasteiger partial charge in [-0.05, 0) is 42.0 Å². The number of anilines is 1. The van der Waals surface area contributed by atoms with Crippen LogP contribution in [-0.4, -0.2) is 36.5 Å². The lowest BCUT2D eigenvalue weighted by molar-refractivity contribution is -0.113. The van der Waals surface area contributed by atoms with Gasteiger partial charge in [-0.15, -0.1) is 22.0 Å². The van der Waals surface area contributed by atoms with Crippen molar-refractivity contribution in [3.8, 4) is 22.6 Å². The summed E-state index contributed by atoms with van der Waals surface area (Å²) in [4.78, 5) is 16.3. The van der Waals surface area contributed by atoms with Crippen LogP contribution in [0.1, 0.15) is 5.56 Å². The van der Waals surface area contributed by atoms with E-state index >= 15 is 0 Å². The summed E-state index contributed by atoms with van der Waals surface area (Å²) in [6.07, 6.45) is 3.43. The molecule has 33 heavy (non-hydrogen) atoms. The SMILES string of the molecule is O=C(CSCc1ccccc1)Nc1ccc(-c2ccc3nnc(-c4ccncc4)n3n2)cc1. The van der Waals surface area contributed by atoms with Crippen molar-refractivity contribution in [1.29, 1.82) is 0 Å². The molecule has 0 bridgehead atoms. The number of benzene rings is 2. The summed E-state index contributed by atoms with van der Waals surface area (Å²) in [5.74, 6) is 1.85. The molecule has 0 aliphatic rings. The summed E-state index contributed by atoms with van der Waals surface area (Å²) in [7, 11) is 0. The molecule has 162 valence electrons. The minimum Gasteiger partial charge on any atom is -0.325 e. The van der Waals surface area contributed by atoms with E-state index in [4.69, 9.17) is 5.10 Å². The van der Waals surface area contributed by atoms with Crippen LogP contribution in [0.5, 0.6) is 0 Å². The number of amides is 1. The van der Waals surface area contributed by atoms with Crippen LogP contribution in [0.2, 0.25) is 0 Å².